The third-order valence-corrected chi connectivity index (χ3v) is 5.71. The van der Waals surface area contributed by atoms with E-state index in [2.05, 4.69) is 20.8 Å². The van der Waals surface area contributed by atoms with Crippen LogP contribution in [0.1, 0.15) is 18.9 Å². The van der Waals surface area contributed by atoms with Crippen LogP contribution in [0, 0.1) is 5.82 Å². The standard InChI is InChI=1S/C19H15Cl2FN4O2S/c1-10(11-2-4-12(22)5-3-11)25-26-19-24-17(27)9-16(29-19)18(28)23-13-6-7-14(20)15(21)8-13/h2-8,16H,9H2,1H3,(H,23,28)(H,24,26,27)/b25-10+. The van der Waals surface area contributed by atoms with Crippen molar-refractivity contribution < 1.29 is 14.0 Å². The monoisotopic (exact) mass is 452 g/mol. The number of nitrogens with one attached hydrogen (secondary N) is 2. The molecule has 2 N–H and O–H groups in total. The van der Waals surface area contributed by atoms with E-state index < -0.39 is 5.25 Å². The van der Waals surface area contributed by atoms with E-state index in [1.807, 2.05) is 0 Å². The number of carbonyl (C=O) groups is 2. The number of anilines is 1. The van der Waals surface area contributed by atoms with Gasteiger partial charge in [0.1, 0.15) is 11.1 Å². The Morgan fingerprint density at radius 1 is 1.21 bits per heavy atom. The Morgan fingerprint density at radius 3 is 2.62 bits per heavy atom. The number of amides is 2. The highest BCUT2D eigenvalue weighted by molar-refractivity contribution is 8.15. The minimum atomic E-state index is -0.682. The molecular weight excluding hydrogens is 438 g/mol. The van der Waals surface area contributed by atoms with Gasteiger partial charge in [-0.2, -0.15) is 5.10 Å². The van der Waals surface area contributed by atoms with Gasteiger partial charge in [0.05, 0.1) is 15.8 Å². The summed E-state index contributed by atoms with van der Waals surface area (Å²) in [7, 11) is 0. The van der Waals surface area contributed by atoms with Crippen LogP contribution in [0.2, 0.25) is 10.0 Å². The van der Waals surface area contributed by atoms with Crippen LogP contribution in [0.25, 0.3) is 0 Å². The highest BCUT2D eigenvalue weighted by Gasteiger charge is 2.30. The molecule has 10 heteroatoms. The minimum Gasteiger partial charge on any atom is -0.325 e. The third-order valence-electron chi connectivity index (χ3n) is 3.90. The first kappa shape index (κ1) is 21.3. The van der Waals surface area contributed by atoms with E-state index in [1.54, 1.807) is 31.2 Å². The Labute approximate surface area is 180 Å². The number of carbonyl (C=O) groups excluding carboxylic acids is 2. The van der Waals surface area contributed by atoms with E-state index in [4.69, 9.17) is 23.2 Å². The predicted octanol–water partition coefficient (Wildman–Crippen LogP) is 4.47. The fourth-order valence-electron chi connectivity index (χ4n) is 2.41. The normalized spacial score (nSPS) is 18.5. The molecule has 1 aliphatic heterocycles. The minimum absolute atomic E-state index is 0.00248. The van der Waals surface area contributed by atoms with Crippen molar-refractivity contribution in [3.8, 4) is 0 Å². The van der Waals surface area contributed by atoms with Crippen LogP contribution in [0.4, 0.5) is 10.1 Å². The molecule has 1 atom stereocenters. The van der Waals surface area contributed by atoms with Crippen molar-refractivity contribution in [3.63, 3.8) is 0 Å². The molecule has 1 heterocycles. The van der Waals surface area contributed by atoms with Crippen molar-refractivity contribution in [2.45, 2.75) is 18.6 Å². The maximum Gasteiger partial charge on any atom is 0.238 e. The van der Waals surface area contributed by atoms with Gasteiger partial charge in [0, 0.05) is 12.1 Å². The predicted molar refractivity (Wildman–Crippen MR) is 115 cm³/mol. The number of hydrogen-bond donors (Lipinski definition) is 2. The van der Waals surface area contributed by atoms with Crippen LogP contribution in [0.5, 0.6) is 0 Å². The van der Waals surface area contributed by atoms with Crippen molar-refractivity contribution in [2.24, 2.45) is 10.2 Å². The molecular formula is C19H15Cl2FN4O2S. The Bertz CT molecular complexity index is 1010. The fourth-order valence-corrected chi connectivity index (χ4v) is 3.63. The maximum atomic E-state index is 13.0. The van der Waals surface area contributed by atoms with E-state index in [-0.39, 0.29) is 29.2 Å². The molecule has 1 fully saturated rings. The molecule has 1 aliphatic rings. The number of halogens is 3. The highest BCUT2D eigenvalue weighted by atomic mass is 35.5. The van der Waals surface area contributed by atoms with Crippen LogP contribution >= 0.6 is 35.0 Å². The van der Waals surface area contributed by atoms with E-state index in [0.717, 1.165) is 11.8 Å². The maximum absolute atomic E-state index is 13.0. The molecule has 3 rings (SSSR count). The molecule has 2 aromatic rings. The molecule has 1 unspecified atom stereocenters. The van der Waals surface area contributed by atoms with E-state index in [1.165, 1.54) is 18.2 Å². The highest BCUT2D eigenvalue weighted by Crippen LogP contribution is 2.27. The van der Waals surface area contributed by atoms with E-state index >= 15 is 0 Å². The molecule has 150 valence electrons. The number of thioether (sulfide) groups is 1. The quantitative estimate of drug-likeness (QED) is 0.529. The van der Waals surface area contributed by atoms with Gasteiger partial charge in [0.2, 0.25) is 11.8 Å². The van der Waals surface area contributed by atoms with Gasteiger partial charge in [-0.3, -0.25) is 9.59 Å². The lowest BCUT2D eigenvalue weighted by Crippen LogP contribution is -2.41. The molecule has 2 amide bonds. The van der Waals surface area contributed by atoms with Crippen LogP contribution in [0.15, 0.2) is 52.7 Å². The summed E-state index contributed by atoms with van der Waals surface area (Å²) in [6, 6.07) is 10.5. The average Bonchev–Trinajstić information content (AvgIpc) is 2.69. The Morgan fingerprint density at radius 2 is 1.93 bits per heavy atom. The summed E-state index contributed by atoms with van der Waals surface area (Å²) in [4.78, 5) is 24.5. The molecule has 0 radical (unpaired) electrons. The Hall–Kier alpha value is -2.42. The number of rotatable bonds is 4. The van der Waals surface area contributed by atoms with Crippen molar-refractivity contribution >= 4 is 63.3 Å². The first-order valence-corrected chi connectivity index (χ1v) is 10.1. The lowest BCUT2D eigenvalue weighted by Gasteiger charge is -2.21. The van der Waals surface area contributed by atoms with Crippen molar-refractivity contribution in [2.75, 3.05) is 5.32 Å². The van der Waals surface area contributed by atoms with Crippen LogP contribution in [0.3, 0.4) is 0 Å². The lowest BCUT2D eigenvalue weighted by molar-refractivity contribution is -0.123. The number of nitrogens with zero attached hydrogens (tertiary/aromatic N) is 2. The van der Waals surface area contributed by atoms with Crippen molar-refractivity contribution in [1.82, 2.24) is 5.32 Å². The van der Waals surface area contributed by atoms with E-state index in [0.29, 0.717) is 27.0 Å². The second-order valence-corrected chi connectivity index (χ2v) is 8.08. The van der Waals surface area contributed by atoms with Gasteiger partial charge in [0.15, 0.2) is 5.17 Å². The van der Waals surface area contributed by atoms with Gasteiger partial charge in [-0.25, -0.2) is 4.39 Å². The summed E-state index contributed by atoms with van der Waals surface area (Å²) in [5.74, 6) is -1.06. The fraction of sp³-hybridized carbons (Fsp3) is 0.158. The molecule has 0 spiro atoms. The largest absolute Gasteiger partial charge is 0.325 e. The van der Waals surface area contributed by atoms with Gasteiger partial charge in [-0.05, 0) is 42.8 Å². The molecule has 0 aliphatic carbocycles. The van der Waals surface area contributed by atoms with Crippen LogP contribution in [-0.2, 0) is 9.59 Å². The smallest absolute Gasteiger partial charge is 0.238 e. The van der Waals surface area contributed by atoms with Crippen LogP contribution < -0.4 is 10.6 Å². The molecule has 0 bridgehead atoms. The van der Waals surface area contributed by atoms with Crippen molar-refractivity contribution in [3.05, 3.63) is 63.9 Å². The summed E-state index contributed by atoms with van der Waals surface area (Å²) in [6.07, 6.45) is -0.00248. The van der Waals surface area contributed by atoms with Gasteiger partial charge in [-0.1, -0.05) is 47.1 Å². The van der Waals surface area contributed by atoms with Gasteiger partial charge >= 0.3 is 0 Å². The van der Waals surface area contributed by atoms with Gasteiger partial charge < -0.3 is 10.6 Å². The van der Waals surface area contributed by atoms with Gasteiger partial charge in [-0.15, -0.1) is 5.10 Å². The summed E-state index contributed by atoms with van der Waals surface area (Å²) in [5, 5.41) is 13.6. The molecule has 29 heavy (non-hydrogen) atoms. The molecule has 6 nitrogen and oxygen atoms in total. The number of amidine groups is 1. The second-order valence-electron chi connectivity index (χ2n) is 6.07. The molecule has 1 saturated heterocycles. The number of hydrogen-bond acceptors (Lipinski definition) is 5. The zero-order chi connectivity index (χ0) is 21.0. The average molecular weight is 453 g/mol. The molecule has 2 aromatic carbocycles. The third kappa shape index (κ3) is 5.79. The van der Waals surface area contributed by atoms with Gasteiger partial charge in [0.25, 0.3) is 0 Å². The molecule has 0 saturated carbocycles. The van der Waals surface area contributed by atoms with E-state index in [9.17, 15) is 14.0 Å². The summed E-state index contributed by atoms with van der Waals surface area (Å²) < 4.78 is 13.0. The zero-order valence-electron chi connectivity index (χ0n) is 15.1. The summed E-state index contributed by atoms with van der Waals surface area (Å²) >= 11 is 12.9. The topological polar surface area (TPSA) is 82.9 Å². The summed E-state index contributed by atoms with van der Waals surface area (Å²) in [6.45, 7) is 1.71. The first-order valence-electron chi connectivity index (χ1n) is 8.42. The Balaban J connectivity index is 1.70. The van der Waals surface area contributed by atoms with Crippen LogP contribution in [-0.4, -0.2) is 27.9 Å². The lowest BCUT2D eigenvalue weighted by atomic mass is 10.1. The second kappa shape index (κ2) is 9.39. The SMILES string of the molecule is C/C(=N\N=C1/NC(=O)CC(C(=O)Nc2ccc(Cl)c(Cl)c2)S1)c1ccc(F)cc1. The Kier molecular flexibility index (Phi) is 6.89. The van der Waals surface area contributed by atoms with Crippen molar-refractivity contribution in [1.29, 1.82) is 0 Å². The summed E-state index contributed by atoms with van der Waals surface area (Å²) in [5.41, 5.74) is 1.70. The molecule has 0 aromatic heterocycles. The first-order chi connectivity index (χ1) is 13.8. The zero-order valence-corrected chi connectivity index (χ0v) is 17.4. The number of benzene rings is 2.